The summed E-state index contributed by atoms with van der Waals surface area (Å²) in [5, 5.41) is 25.8. The van der Waals surface area contributed by atoms with Crippen molar-refractivity contribution in [3.8, 4) is 11.5 Å². The first kappa shape index (κ1) is 47.5. The van der Waals surface area contributed by atoms with Crippen molar-refractivity contribution < 1.29 is 28.0 Å². The second-order valence-corrected chi connectivity index (χ2v) is 21.0. The summed E-state index contributed by atoms with van der Waals surface area (Å²) < 4.78 is 31.9. The van der Waals surface area contributed by atoms with Crippen LogP contribution in [0.5, 0.6) is 11.5 Å². The van der Waals surface area contributed by atoms with E-state index in [1.165, 1.54) is 23.1 Å². The number of aryl methyl sites for hydroxylation is 1. The van der Waals surface area contributed by atoms with E-state index in [1.807, 2.05) is 50.2 Å². The Hall–Kier alpha value is -5.48. The van der Waals surface area contributed by atoms with Crippen LogP contribution in [0.25, 0.3) is 16.6 Å². The first-order valence-corrected chi connectivity index (χ1v) is 24.5. The fourth-order valence-corrected chi connectivity index (χ4v) is 9.48. The molecule has 1 saturated heterocycles. The van der Waals surface area contributed by atoms with E-state index < -0.39 is 21.5 Å². The number of piperazine rings is 1. The molecule has 0 radical (unpaired) electrons. The highest BCUT2D eigenvalue weighted by Gasteiger charge is 2.31. The highest BCUT2D eigenvalue weighted by molar-refractivity contribution is 7.89. The summed E-state index contributed by atoms with van der Waals surface area (Å²) >= 11 is 6.19. The van der Waals surface area contributed by atoms with E-state index >= 15 is 0 Å². The SMILES string of the molecule is CC1(C)CCC(CN2CCN(c3ccc(C(=O)NS(C)(=O)=O)c(Oc4cnc5[nH]ccc5c4)c3)CC2)=C(c2ccc(Cl)cc2)C1.Cc1ccc(NCC2CCC(C)(O)CC2)c([N+](=O)[O-])c1. The molecule has 4 N–H and O–H groups in total. The number of nitrogens with one attached hydrogen (secondary N) is 3. The fourth-order valence-electron chi connectivity index (χ4n) is 8.90. The van der Waals surface area contributed by atoms with Crippen LogP contribution in [0.4, 0.5) is 17.1 Å². The third-order valence-electron chi connectivity index (χ3n) is 12.7. The molecule has 0 unspecified atom stereocenters. The predicted octanol–water partition coefficient (Wildman–Crippen LogP) is 9.74. The van der Waals surface area contributed by atoms with Gasteiger partial charge < -0.3 is 25.0 Å². The van der Waals surface area contributed by atoms with Crippen molar-refractivity contribution in [2.75, 3.05) is 55.7 Å². The van der Waals surface area contributed by atoms with Crippen LogP contribution in [0.3, 0.4) is 0 Å². The van der Waals surface area contributed by atoms with Gasteiger partial charge in [0.1, 0.15) is 22.8 Å². The van der Waals surface area contributed by atoms with Crippen molar-refractivity contribution in [2.45, 2.75) is 78.2 Å². The number of aromatic amines is 1. The largest absolute Gasteiger partial charge is 0.455 e. The van der Waals surface area contributed by atoms with Crippen LogP contribution in [-0.2, 0) is 10.0 Å². The summed E-state index contributed by atoms with van der Waals surface area (Å²) in [4.78, 5) is 35.8. The number of carbonyl (C=O) groups excluding carboxylic acids is 1. The van der Waals surface area contributed by atoms with Gasteiger partial charge in [0, 0.05) is 73.7 Å². The molecule has 16 heteroatoms. The summed E-state index contributed by atoms with van der Waals surface area (Å²) in [5.74, 6) is 0.421. The number of fused-ring (bicyclic) bond motifs is 1. The molecule has 2 aliphatic carbocycles. The molecule has 1 aliphatic heterocycles. The Kier molecular flexibility index (Phi) is 14.6. The number of aromatic nitrogens is 2. The van der Waals surface area contributed by atoms with Gasteiger partial charge in [-0.1, -0.05) is 49.2 Å². The van der Waals surface area contributed by atoms with E-state index in [9.17, 15) is 28.4 Å². The molecule has 2 aromatic heterocycles. The van der Waals surface area contributed by atoms with Crippen LogP contribution in [0.1, 0.15) is 87.2 Å². The molecular weight excluding hydrogens is 866 g/mol. The number of nitrogens with zero attached hydrogens (tertiary/aromatic N) is 4. The minimum Gasteiger partial charge on any atom is -0.455 e. The molecule has 5 aromatic rings. The normalized spacial score (nSPS) is 20.2. The molecule has 65 heavy (non-hydrogen) atoms. The lowest BCUT2D eigenvalue weighted by molar-refractivity contribution is -0.384. The maximum Gasteiger partial charge on any atom is 0.292 e. The highest BCUT2D eigenvalue weighted by Crippen LogP contribution is 2.43. The molecule has 2 fully saturated rings. The monoisotopic (exact) mass is 925 g/mol. The minimum absolute atomic E-state index is 0.124. The maximum atomic E-state index is 12.9. The number of aliphatic hydroxyl groups is 1. The maximum absolute atomic E-state index is 12.9. The number of nitro benzene ring substituents is 1. The van der Waals surface area contributed by atoms with Gasteiger partial charge in [0.15, 0.2) is 0 Å². The number of ether oxygens (including phenoxy) is 1. The molecule has 0 spiro atoms. The topological polar surface area (TPSA) is 183 Å². The number of H-pyrrole nitrogens is 1. The number of nitro groups is 1. The van der Waals surface area contributed by atoms with Crippen molar-refractivity contribution in [1.82, 2.24) is 19.6 Å². The van der Waals surface area contributed by atoms with E-state index in [0.29, 0.717) is 17.4 Å². The first-order valence-electron chi connectivity index (χ1n) is 22.2. The molecule has 3 aliphatic rings. The summed E-state index contributed by atoms with van der Waals surface area (Å²) in [5.41, 5.74) is 7.29. The van der Waals surface area contributed by atoms with E-state index in [1.54, 1.807) is 36.7 Å². The Labute approximate surface area is 386 Å². The van der Waals surface area contributed by atoms with Crippen LogP contribution in [0, 0.1) is 28.4 Å². The standard InChI is InChI=1S/C34H38ClN5O4S.C15H22N2O3/c1-34(2)12-10-25(30(20-34)23-4-6-26(35)7-5-23)22-39-14-16-40(17-15-39)27-8-9-29(33(41)38-45(3,42)43)31(19-27)44-28-18-24-11-13-36-32(24)37-21-28;1-11-3-4-13(14(9-11)17(19)20)16-10-12-5-7-15(2,18)8-6-12/h4-9,11,13,18-19,21H,10,12,14-17,20,22H2,1-3H3,(H,36,37)(H,38,41);3-4,9,12,16,18H,5-8,10H2,1-2H3. The number of hydrogen-bond acceptors (Lipinski definition) is 11. The highest BCUT2D eigenvalue weighted by atomic mass is 35.5. The van der Waals surface area contributed by atoms with Gasteiger partial charge in [0.05, 0.1) is 28.5 Å². The van der Waals surface area contributed by atoms with E-state index in [4.69, 9.17) is 16.3 Å². The Morgan fingerprint density at radius 3 is 2.42 bits per heavy atom. The van der Waals surface area contributed by atoms with Crippen LogP contribution in [0.2, 0.25) is 5.02 Å². The molecule has 14 nitrogen and oxygen atoms in total. The van der Waals surface area contributed by atoms with Gasteiger partial charge in [-0.2, -0.15) is 0 Å². The summed E-state index contributed by atoms with van der Waals surface area (Å²) in [7, 11) is -3.76. The number of allylic oxidation sites excluding steroid dienone is 1. The van der Waals surface area contributed by atoms with E-state index in [0.717, 1.165) is 111 Å². The van der Waals surface area contributed by atoms with Crippen LogP contribution < -0.4 is 19.7 Å². The zero-order chi connectivity index (χ0) is 46.5. The summed E-state index contributed by atoms with van der Waals surface area (Å²) in [6.07, 6.45) is 11.1. The Bertz CT molecular complexity index is 2650. The second kappa shape index (κ2) is 19.9. The Morgan fingerprint density at radius 2 is 1.72 bits per heavy atom. The van der Waals surface area contributed by atoms with Crippen molar-refractivity contribution in [3.63, 3.8) is 0 Å². The van der Waals surface area contributed by atoms with Gasteiger partial charge in [0.2, 0.25) is 10.0 Å². The molecule has 1 saturated carbocycles. The van der Waals surface area contributed by atoms with Crippen LogP contribution >= 0.6 is 11.6 Å². The molecule has 346 valence electrons. The first-order chi connectivity index (χ1) is 30.8. The average molecular weight is 927 g/mol. The van der Waals surface area contributed by atoms with Gasteiger partial charge in [-0.25, -0.2) is 18.1 Å². The molecular formula is C49H60ClN7O7S. The number of hydrogen-bond donors (Lipinski definition) is 4. The third-order valence-corrected chi connectivity index (χ3v) is 13.5. The second-order valence-electron chi connectivity index (χ2n) is 18.9. The average Bonchev–Trinajstić information content (AvgIpc) is 3.72. The van der Waals surface area contributed by atoms with Crippen molar-refractivity contribution >= 4 is 61.2 Å². The minimum atomic E-state index is -3.76. The van der Waals surface area contributed by atoms with Gasteiger partial charge in [-0.3, -0.25) is 19.8 Å². The molecule has 0 atom stereocenters. The van der Waals surface area contributed by atoms with E-state index in [-0.39, 0.29) is 27.3 Å². The number of carbonyl (C=O) groups is 1. The number of anilines is 2. The number of amides is 1. The molecule has 3 heterocycles. The molecule has 0 bridgehead atoms. The lowest BCUT2D eigenvalue weighted by atomic mass is 9.72. The van der Waals surface area contributed by atoms with Crippen LogP contribution in [0.15, 0.2) is 90.8 Å². The number of halogens is 1. The van der Waals surface area contributed by atoms with Crippen molar-refractivity contribution in [2.24, 2.45) is 11.3 Å². The number of sulfonamides is 1. The predicted molar refractivity (Wildman–Crippen MR) is 258 cm³/mol. The lowest BCUT2D eigenvalue weighted by Gasteiger charge is -2.39. The van der Waals surface area contributed by atoms with E-state index in [2.05, 4.69) is 55.8 Å². The Balaban J connectivity index is 0.000000263. The molecule has 8 rings (SSSR count). The fraction of sp³-hybridized carbons (Fsp3) is 0.429. The summed E-state index contributed by atoms with van der Waals surface area (Å²) in [6, 6.07) is 22.4. The van der Waals surface area contributed by atoms with Gasteiger partial charge >= 0.3 is 0 Å². The zero-order valence-corrected chi connectivity index (χ0v) is 39.4. The van der Waals surface area contributed by atoms with Crippen molar-refractivity contribution in [3.05, 3.63) is 123 Å². The van der Waals surface area contributed by atoms with Gasteiger partial charge in [-0.05, 0) is 129 Å². The van der Waals surface area contributed by atoms with Gasteiger partial charge in [0.25, 0.3) is 11.6 Å². The lowest BCUT2D eigenvalue weighted by Crippen LogP contribution is -2.47. The quantitative estimate of drug-likeness (QED) is 0.0690. The smallest absolute Gasteiger partial charge is 0.292 e. The Morgan fingerprint density at radius 1 is 1.00 bits per heavy atom. The van der Waals surface area contributed by atoms with Crippen molar-refractivity contribution in [1.29, 1.82) is 0 Å². The summed E-state index contributed by atoms with van der Waals surface area (Å²) in [6.45, 7) is 13.5. The number of benzene rings is 3. The van der Waals surface area contributed by atoms with Gasteiger partial charge in [-0.15, -0.1) is 0 Å². The number of pyridine rings is 1. The number of rotatable bonds is 12. The third kappa shape index (κ3) is 12.9. The van der Waals surface area contributed by atoms with Crippen LogP contribution in [-0.4, -0.2) is 90.3 Å². The molecule has 3 aromatic carbocycles. The molecule has 1 amide bonds. The zero-order valence-electron chi connectivity index (χ0n) is 37.8.